The van der Waals surface area contributed by atoms with Crippen molar-refractivity contribution in [2.75, 3.05) is 67.6 Å². The Labute approximate surface area is 197 Å². The van der Waals surface area contributed by atoms with E-state index in [4.69, 9.17) is 31.2 Å². The van der Waals surface area contributed by atoms with Gasteiger partial charge >= 0.3 is 0 Å². The monoisotopic (exact) mass is 470 g/mol. The van der Waals surface area contributed by atoms with Gasteiger partial charge in [0.25, 0.3) is 0 Å². The molecule has 0 bridgehead atoms. The Balaban J connectivity index is 1.59. The molecule has 1 aliphatic heterocycles. The van der Waals surface area contributed by atoms with Gasteiger partial charge in [0.2, 0.25) is 11.9 Å². The molecule has 33 heavy (non-hydrogen) atoms. The van der Waals surface area contributed by atoms with E-state index < -0.39 is 0 Å². The van der Waals surface area contributed by atoms with Gasteiger partial charge in [-0.2, -0.15) is 9.97 Å². The average Bonchev–Trinajstić information content (AvgIpc) is 3.27. The zero-order valence-corrected chi connectivity index (χ0v) is 19.8. The maximum atomic E-state index is 6.11. The van der Waals surface area contributed by atoms with E-state index in [1.54, 1.807) is 17.5 Å². The molecule has 0 radical (unpaired) electrons. The second-order valence-electron chi connectivity index (χ2n) is 7.61. The molecule has 0 unspecified atom stereocenters. The van der Waals surface area contributed by atoms with Crippen LogP contribution in [0.25, 0.3) is 11.3 Å². The summed E-state index contributed by atoms with van der Waals surface area (Å²) >= 11 is 1.56. The number of morpholine rings is 1. The van der Waals surface area contributed by atoms with Gasteiger partial charge in [0, 0.05) is 43.7 Å². The third-order valence-electron chi connectivity index (χ3n) is 5.49. The van der Waals surface area contributed by atoms with Crippen molar-refractivity contribution in [3.05, 3.63) is 23.3 Å². The molecule has 12 heteroatoms. The number of hydrogen-bond donors (Lipinski definition) is 3. The number of nitrogens with one attached hydrogen (secondary N) is 1. The van der Waals surface area contributed by atoms with E-state index in [1.807, 2.05) is 6.07 Å². The van der Waals surface area contributed by atoms with Gasteiger partial charge in [-0.05, 0) is 13.1 Å². The predicted octanol–water partition coefficient (Wildman–Crippen LogP) is 2.02. The van der Waals surface area contributed by atoms with E-state index in [2.05, 4.69) is 44.3 Å². The lowest BCUT2D eigenvalue weighted by Crippen LogP contribution is -2.37. The lowest BCUT2D eigenvalue weighted by atomic mass is 10.2. The van der Waals surface area contributed by atoms with Gasteiger partial charge in [-0.15, -0.1) is 11.3 Å². The molecule has 0 amide bonds. The summed E-state index contributed by atoms with van der Waals surface area (Å²) in [6.45, 7) is 10.1. The molecule has 176 valence electrons. The molecule has 3 aromatic heterocycles. The average molecular weight is 471 g/mol. The molecule has 4 rings (SSSR count). The van der Waals surface area contributed by atoms with E-state index in [9.17, 15) is 0 Å². The van der Waals surface area contributed by atoms with Crippen LogP contribution in [0.1, 0.15) is 19.5 Å². The number of nitrogens with zero attached hydrogens (tertiary/aromatic N) is 7. The Morgan fingerprint density at radius 2 is 1.91 bits per heavy atom. The SMILES string of the molecule is CCN(CC)CCc1csc(Nc2cc(-c3cnc(N)nc3N)nc(N3CCOCC3)n2)n1. The molecular formula is C21H30N10OS. The smallest absolute Gasteiger partial charge is 0.228 e. The predicted molar refractivity (Wildman–Crippen MR) is 132 cm³/mol. The summed E-state index contributed by atoms with van der Waals surface area (Å²) in [6.07, 6.45) is 2.49. The van der Waals surface area contributed by atoms with E-state index in [1.165, 1.54) is 0 Å². The lowest BCUT2D eigenvalue weighted by Gasteiger charge is -2.27. The van der Waals surface area contributed by atoms with Crippen LogP contribution < -0.4 is 21.7 Å². The molecular weight excluding hydrogens is 440 g/mol. The first kappa shape index (κ1) is 23.1. The fourth-order valence-corrected chi connectivity index (χ4v) is 4.30. The summed E-state index contributed by atoms with van der Waals surface area (Å²) < 4.78 is 5.47. The van der Waals surface area contributed by atoms with Crippen molar-refractivity contribution in [2.24, 2.45) is 0 Å². The number of aromatic nitrogens is 5. The Bertz CT molecular complexity index is 1060. The molecule has 1 aliphatic rings. The van der Waals surface area contributed by atoms with Crippen molar-refractivity contribution in [3.8, 4) is 11.3 Å². The van der Waals surface area contributed by atoms with Crippen molar-refractivity contribution in [1.82, 2.24) is 29.8 Å². The molecule has 4 heterocycles. The van der Waals surface area contributed by atoms with Crippen molar-refractivity contribution < 1.29 is 4.74 Å². The zero-order valence-electron chi connectivity index (χ0n) is 19.0. The van der Waals surface area contributed by atoms with Crippen LogP contribution >= 0.6 is 11.3 Å². The third kappa shape index (κ3) is 5.83. The molecule has 1 saturated heterocycles. The van der Waals surface area contributed by atoms with E-state index in [0.29, 0.717) is 49.3 Å². The number of nitrogen functional groups attached to an aromatic ring is 2. The number of likely N-dealkylation sites (N-methyl/N-ethyl adjacent to an activating group) is 1. The maximum absolute atomic E-state index is 6.11. The molecule has 0 aromatic carbocycles. The van der Waals surface area contributed by atoms with Gasteiger partial charge in [-0.1, -0.05) is 13.8 Å². The molecule has 11 nitrogen and oxygen atoms in total. The number of hydrogen-bond acceptors (Lipinski definition) is 12. The van der Waals surface area contributed by atoms with E-state index in [-0.39, 0.29) is 11.8 Å². The highest BCUT2D eigenvalue weighted by Crippen LogP contribution is 2.29. The van der Waals surface area contributed by atoms with Gasteiger partial charge in [-0.25, -0.2) is 15.0 Å². The Hall–Kier alpha value is -3.09. The summed E-state index contributed by atoms with van der Waals surface area (Å²) in [5, 5.41) is 6.21. The summed E-state index contributed by atoms with van der Waals surface area (Å²) in [5.74, 6) is 1.61. The van der Waals surface area contributed by atoms with Crippen LogP contribution in [0.4, 0.5) is 28.7 Å². The molecule has 0 spiro atoms. The number of anilines is 5. The molecule has 5 N–H and O–H groups in total. The summed E-state index contributed by atoms with van der Waals surface area (Å²) in [4.78, 5) is 26.8. The van der Waals surface area contributed by atoms with Crippen LogP contribution in [-0.4, -0.2) is 75.8 Å². The summed E-state index contributed by atoms with van der Waals surface area (Å²) in [6, 6.07) is 1.83. The van der Waals surface area contributed by atoms with Crippen LogP contribution in [-0.2, 0) is 11.2 Å². The Morgan fingerprint density at radius 1 is 1.12 bits per heavy atom. The second-order valence-corrected chi connectivity index (χ2v) is 8.47. The molecule has 1 fully saturated rings. The molecule has 0 atom stereocenters. The highest BCUT2D eigenvalue weighted by atomic mass is 32.1. The number of thiazole rings is 1. The van der Waals surface area contributed by atoms with Gasteiger partial charge in [0.1, 0.15) is 11.6 Å². The Kier molecular flexibility index (Phi) is 7.47. The van der Waals surface area contributed by atoms with Crippen LogP contribution in [0.2, 0.25) is 0 Å². The fourth-order valence-electron chi connectivity index (χ4n) is 3.55. The Morgan fingerprint density at radius 3 is 2.64 bits per heavy atom. The van der Waals surface area contributed by atoms with Gasteiger partial charge in [-0.3, -0.25) is 0 Å². The fraction of sp³-hybridized carbons (Fsp3) is 0.476. The molecule has 0 aliphatic carbocycles. The normalized spacial score (nSPS) is 14.1. The first-order chi connectivity index (χ1) is 16.1. The highest BCUT2D eigenvalue weighted by Gasteiger charge is 2.18. The van der Waals surface area contributed by atoms with Crippen molar-refractivity contribution in [2.45, 2.75) is 20.3 Å². The quantitative estimate of drug-likeness (QED) is 0.422. The first-order valence-corrected chi connectivity index (χ1v) is 12.0. The van der Waals surface area contributed by atoms with Crippen molar-refractivity contribution in [3.63, 3.8) is 0 Å². The van der Waals surface area contributed by atoms with E-state index >= 15 is 0 Å². The number of rotatable bonds is 9. The van der Waals surface area contributed by atoms with Crippen LogP contribution in [0.5, 0.6) is 0 Å². The minimum atomic E-state index is 0.122. The molecule has 3 aromatic rings. The van der Waals surface area contributed by atoms with Crippen molar-refractivity contribution in [1.29, 1.82) is 0 Å². The molecule has 0 saturated carbocycles. The van der Waals surface area contributed by atoms with Gasteiger partial charge < -0.3 is 31.3 Å². The summed E-state index contributed by atoms with van der Waals surface area (Å²) in [7, 11) is 0. The minimum Gasteiger partial charge on any atom is -0.383 e. The van der Waals surface area contributed by atoms with E-state index in [0.717, 1.165) is 36.9 Å². The minimum absolute atomic E-state index is 0.122. The second kappa shape index (κ2) is 10.7. The standard InChI is InChI=1S/C21H30N10OS/c1-3-30(4-2)6-5-14-13-33-21(25-14)28-17-11-16(15-12-24-19(23)29-18(15)22)26-20(27-17)31-7-9-32-10-8-31/h11-13H,3-10H2,1-2H3,(H4,22,23,24,29)(H,25,26,27,28). The summed E-state index contributed by atoms with van der Waals surface area (Å²) in [5.41, 5.74) is 14.1. The van der Waals surface area contributed by atoms with Gasteiger partial charge in [0.15, 0.2) is 5.13 Å². The largest absolute Gasteiger partial charge is 0.383 e. The third-order valence-corrected chi connectivity index (χ3v) is 6.29. The topological polar surface area (TPSA) is 144 Å². The van der Waals surface area contributed by atoms with Gasteiger partial charge in [0.05, 0.1) is 30.2 Å². The number of nitrogens with two attached hydrogens (primary N) is 2. The lowest BCUT2D eigenvalue weighted by molar-refractivity contribution is 0.122. The first-order valence-electron chi connectivity index (χ1n) is 11.1. The highest BCUT2D eigenvalue weighted by molar-refractivity contribution is 7.13. The van der Waals surface area contributed by atoms with Crippen LogP contribution in [0.15, 0.2) is 17.6 Å². The van der Waals surface area contributed by atoms with Crippen LogP contribution in [0, 0.1) is 0 Å². The maximum Gasteiger partial charge on any atom is 0.228 e. The zero-order chi connectivity index (χ0) is 23.2. The number of ether oxygens (including phenoxy) is 1. The van der Waals surface area contributed by atoms with Crippen LogP contribution in [0.3, 0.4) is 0 Å². The van der Waals surface area contributed by atoms with Crippen molar-refractivity contribution >= 4 is 40.0 Å².